The quantitative estimate of drug-likeness (QED) is 0.583. The Kier molecular flexibility index (Phi) is 5.99. The molecular formula is C28H26N2O5. The number of ether oxygens (including phenoxy) is 1. The number of carbonyl (C=O) groups excluding carboxylic acids is 2. The van der Waals surface area contributed by atoms with Crippen molar-refractivity contribution >= 4 is 23.7 Å². The Balaban J connectivity index is 1.26. The number of carboxylic acids is 1. The molecule has 0 saturated carbocycles. The van der Waals surface area contributed by atoms with E-state index in [2.05, 4.69) is 17.4 Å². The number of anilines is 1. The molecule has 3 aromatic rings. The zero-order chi connectivity index (χ0) is 24.5. The number of nitrogens with one attached hydrogen (secondary N) is 1. The number of fused-ring (bicyclic) bond motifs is 4. The van der Waals surface area contributed by atoms with Crippen molar-refractivity contribution in [1.82, 2.24) is 5.32 Å². The molecule has 178 valence electrons. The van der Waals surface area contributed by atoms with Crippen LogP contribution in [0.3, 0.4) is 0 Å². The van der Waals surface area contributed by atoms with Gasteiger partial charge in [0, 0.05) is 18.2 Å². The first-order valence-electron chi connectivity index (χ1n) is 11.7. The van der Waals surface area contributed by atoms with E-state index < -0.39 is 24.0 Å². The van der Waals surface area contributed by atoms with Crippen molar-refractivity contribution in [1.29, 1.82) is 0 Å². The van der Waals surface area contributed by atoms with Crippen molar-refractivity contribution in [2.24, 2.45) is 5.92 Å². The zero-order valence-electron chi connectivity index (χ0n) is 19.3. The number of alkyl carbamates (subject to hydrolysis) is 1. The molecule has 0 radical (unpaired) electrons. The highest BCUT2D eigenvalue weighted by Gasteiger charge is 2.35. The number of nitrogens with zero attached hydrogens (tertiary/aromatic N) is 1. The summed E-state index contributed by atoms with van der Waals surface area (Å²) < 4.78 is 5.56. The van der Waals surface area contributed by atoms with Gasteiger partial charge in [-0.25, -0.2) is 4.79 Å². The van der Waals surface area contributed by atoms with Crippen molar-refractivity contribution in [3.63, 3.8) is 0 Å². The molecule has 1 aliphatic carbocycles. The molecule has 1 heterocycles. The molecule has 5 rings (SSSR count). The molecule has 2 N–H and O–H groups in total. The summed E-state index contributed by atoms with van der Waals surface area (Å²) in [6.07, 6.45) is -0.323. The summed E-state index contributed by atoms with van der Waals surface area (Å²) in [4.78, 5) is 38.9. The Hall–Kier alpha value is -4.13. The predicted octanol–water partition coefficient (Wildman–Crippen LogP) is 4.20. The fourth-order valence-corrected chi connectivity index (χ4v) is 5.08. The summed E-state index contributed by atoms with van der Waals surface area (Å²) in [5, 5.41) is 12.2. The number of carboxylic acid groups (broad SMARTS) is 1. The SMILES string of the molecule is C[C@@H](NC(=O)OCC1c2ccccc2-c2ccccc21)C(=O)N1CC(C(=O)O)Cc2ccccc21. The molecule has 7 heteroatoms. The Labute approximate surface area is 203 Å². The van der Waals surface area contributed by atoms with Crippen molar-refractivity contribution in [3.8, 4) is 11.1 Å². The third-order valence-corrected chi connectivity index (χ3v) is 6.82. The monoisotopic (exact) mass is 470 g/mol. The van der Waals surface area contributed by atoms with Gasteiger partial charge >= 0.3 is 12.1 Å². The van der Waals surface area contributed by atoms with Gasteiger partial charge in [0.1, 0.15) is 12.6 Å². The second-order valence-corrected chi connectivity index (χ2v) is 9.01. The summed E-state index contributed by atoms with van der Waals surface area (Å²) >= 11 is 0. The average molecular weight is 471 g/mol. The van der Waals surface area contributed by atoms with Crippen molar-refractivity contribution < 1.29 is 24.2 Å². The van der Waals surface area contributed by atoms with E-state index in [1.807, 2.05) is 54.6 Å². The van der Waals surface area contributed by atoms with Crippen LogP contribution in [0.1, 0.15) is 29.5 Å². The molecule has 2 amide bonds. The van der Waals surface area contributed by atoms with Crippen LogP contribution >= 0.6 is 0 Å². The van der Waals surface area contributed by atoms with Gasteiger partial charge in [0.15, 0.2) is 0 Å². The van der Waals surface area contributed by atoms with E-state index in [9.17, 15) is 19.5 Å². The van der Waals surface area contributed by atoms with Gasteiger partial charge in [-0.3, -0.25) is 9.59 Å². The fraction of sp³-hybridized carbons (Fsp3) is 0.250. The first-order valence-corrected chi connectivity index (χ1v) is 11.7. The molecule has 0 aromatic heterocycles. The lowest BCUT2D eigenvalue weighted by molar-refractivity contribution is -0.141. The maximum Gasteiger partial charge on any atom is 0.407 e. The topological polar surface area (TPSA) is 95.9 Å². The summed E-state index contributed by atoms with van der Waals surface area (Å²) in [5.41, 5.74) is 5.96. The average Bonchev–Trinajstić information content (AvgIpc) is 3.20. The van der Waals surface area contributed by atoms with Crippen molar-refractivity contribution in [3.05, 3.63) is 89.5 Å². The van der Waals surface area contributed by atoms with Crippen LogP contribution in [0.4, 0.5) is 10.5 Å². The lowest BCUT2D eigenvalue weighted by Gasteiger charge is -2.34. The van der Waals surface area contributed by atoms with E-state index in [4.69, 9.17) is 4.74 Å². The number of rotatable bonds is 5. The van der Waals surface area contributed by atoms with Crippen LogP contribution in [0.15, 0.2) is 72.8 Å². The second kappa shape index (κ2) is 9.25. The summed E-state index contributed by atoms with van der Waals surface area (Å²) in [7, 11) is 0. The van der Waals surface area contributed by atoms with E-state index in [0.29, 0.717) is 12.1 Å². The van der Waals surface area contributed by atoms with Gasteiger partial charge in [-0.15, -0.1) is 0 Å². The number of amides is 2. The molecule has 1 unspecified atom stereocenters. The molecule has 3 aromatic carbocycles. The first kappa shape index (κ1) is 22.7. The van der Waals surface area contributed by atoms with Crippen LogP contribution in [0.5, 0.6) is 0 Å². The van der Waals surface area contributed by atoms with Gasteiger partial charge in [0.2, 0.25) is 5.91 Å². The van der Waals surface area contributed by atoms with Crippen LogP contribution in [0.2, 0.25) is 0 Å². The molecule has 7 nitrogen and oxygen atoms in total. The summed E-state index contributed by atoms with van der Waals surface area (Å²) in [6, 6.07) is 22.5. The number of carbonyl (C=O) groups is 3. The standard InChI is InChI=1S/C28H26N2O5/c1-17(26(31)30-15-19(27(32)33)14-18-8-2-7-13-25(18)30)29-28(34)35-16-24-22-11-5-3-9-20(22)21-10-4-6-12-23(21)24/h2-13,17,19,24H,14-16H2,1H3,(H,29,34)(H,32,33)/t17-,19?/m1/s1. The minimum Gasteiger partial charge on any atom is -0.481 e. The van der Waals surface area contributed by atoms with Crippen LogP contribution in [0, 0.1) is 5.92 Å². The number of benzene rings is 3. The van der Waals surface area contributed by atoms with Crippen molar-refractivity contribution in [2.75, 3.05) is 18.1 Å². The zero-order valence-corrected chi connectivity index (χ0v) is 19.3. The fourth-order valence-electron chi connectivity index (χ4n) is 5.08. The third kappa shape index (κ3) is 4.25. The number of aliphatic carboxylic acids is 1. The molecule has 2 atom stereocenters. The smallest absolute Gasteiger partial charge is 0.407 e. The molecule has 0 spiro atoms. The van der Waals surface area contributed by atoms with E-state index >= 15 is 0 Å². The van der Waals surface area contributed by atoms with Gasteiger partial charge < -0.3 is 20.1 Å². The molecule has 2 aliphatic rings. The molecule has 1 aliphatic heterocycles. The maximum absolute atomic E-state index is 13.2. The summed E-state index contributed by atoms with van der Waals surface area (Å²) in [6.45, 7) is 1.78. The predicted molar refractivity (Wildman–Crippen MR) is 131 cm³/mol. The number of hydrogen-bond donors (Lipinski definition) is 2. The van der Waals surface area contributed by atoms with Gasteiger partial charge in [0.25, 0.3) is 0 Å². The lowest BCUT2D eigenvalue weighted by Crippen LogP contribution is -2.51. The minimum absolute atomic E-state index is 0.0574. The third-order valence-electron chi connectivity index (χ3n) is 6.82. The minimum atomic E-state index is -0.950. The van der Waals surface area contributed by atoms with Crippen LogP contribution < -0.4 is 10.2 Å². The van der Waals surface area contributed by atoms with Gasteiger partial charge in [-0.05, 0) is 47.2 Å². The second-order valence-electron chi connectivity index (χ2n) is 9.01. The highest BCUT2D eigenvalue weighted by atomic mass is 16.5. The lowest BCUT2D eigenvalue weighted by atomic mass is 9.92. The Morgan fingerprint density at radius 3 is 2.23 bits per heavy atom. The van der Waals surface area contributed by atoms with E-state index in [1.54, 1.807) is 13.0 Å². The molecule has 35 heavy (non-hydrogen) atoms. The Morgan fingerprint density at radius 2 is 1.57 bits per heavy atom. The first-order chi connectivity index (χ1) is 16.9. The van der Waals surface area contributed by atoms with Gasteiger partial charge in [0.05, 0.1) is 5.92 Å². The van der Waals surface area contributed by atoms with Crippen LogP contribution in [0.25, 0.3) is 11.1 Å². The largest absolute Gasteiger partial charge is 0.481 e. The molecule has 0 saturated heterocycles. The Morgan fingerprint density at radius 1 is 0.971 bits per heavy atom. The van der Waals surface area contributed by atoms with E-state index in [0.717, 1.165) is 27.8 Å². The number of hydrogen-bond acceptors (Lipinski definition) is 4. The normalized spacial score (nSPS) is 17.1. The van der Waals surface area contributed by atoms with Crippen LogP contribution in [-0.2, 0) is 20.7 Å². The van der Waals surface area contributed by atoms with E-state index in [1.165, 1.54) is 4.90 Å². The van der Waals surface area contributed by atoms with E-state index in [-0.39, 0.29) is 25.0 Å². The highest BCUT2D eigenvalue weighted by Crippen LogP contribution is 2.44. The molecular weight excluding hydrogens is 444 g/mol. The number of para-hydroxylation sites is 1. The maximum atomic E-state index is 13.2. The van der Waals surface area contributed by atoms with Gasteiger partial charge in [-0.1, -0.05) is 66.7 Å². The highest BCUT2D eigenvalue weighted by molar-refractivity contribution is 6.00. The van der Waals surface area contributed by atoms with Crippen LogP contribution in [-0.4, -0.2) is 42.3 Å². The molecule has 0 bridgehead atoms. The van der Waals surface area contributed by atoms with Crippen molar-refractivity contribution in [2.45, 2.75) is 25.3 Å². The summed E-state index contributed by atoms with van der Waals surface area (Å²) in [5.74, 6) is -2.11. The van der Waals surface area contributed by atoms with Gasteiger partial charge in [-0.2, -0.15) is 0 Å². The Bertz CT molecular complexity index is 1260. The molecule has 0 fully saturated rings.